The molecule has 0 radical (unpaired) electrons. The number of halogens is 1. The molecule has 0 saturated carbocycles. The Morgan fingerprint density at radius 2 is 1.94 bits per heavy atom. The summed E-state index contributed by atoms with van der Waals surface area (Å²) in [5.74, 6) is 0.544. The number of nitrogens with one attached hydrogen (secondary N) is 1. The van der Waals surface area contributed by atoms with Crippen LogP contribution in [0.25, 0.3) is 0 Å². The van der Waals surface area contributed by atoms with E-state index in [1.54, 1.807) is 6.07 Å². The number of rotatable bonds is 8. The van der Waals surface area contributed by atoms with Crippen molar-refractivity contribution in [3.63, 3.8) is 0 Å². The minimum Gasteiger partial charge on any atom is -0.484 e. The van der Waals surface area contributed by atoms with E-state index in [1.807, 2.05) is 49.4 Å². The molecule has 0 bridgehead atoms. The molecule has 184 valence electrons. The highest BCUT2D eigenvalue weighted by molar-refractivity contribution is 5.91. The fraction of sp³-hybridized carbons (Fsp3) is 0.241. The van der Waals surface area contributed by atoms with Crippen LogP contribution in [0.1, 0.15) is 51.6 Å². The average molecular weight is 486 g/mol. The first kappa shape index (κ1) is 23.8. The molecule has 5 rings (SSSR count). The number of carbonyl (C=O) groups excluding carboxylic acids is 1. The highest BCUT2D eigenvalue weighted by atomic mass is 19.1. The zero-order valence-electron chi connectivity index (χ0n) is 20.1. The van der Waals surface area contributed by atoms with Crippen LogP contribution in [0.2, 0.25) is 0 Å². The molecule has 1 aliphatic rings. The number of amides is 1. The van der Waals surface area contributed by atoms with E-state index in [2.05, 4.69) is 33.4 Å². The van der Waals surface area contributed by atoms with Crippen molar-refractivity contribution in [3.05, 3.63) is 119 Å². The van der Waals surface area contributed by atoms with Crippen molar-refractivity contribution in [2.24, 2.45) is 0 Å². The molecule has 1 atom stereocenters. The van der Waals surface area contributed by atoms with Crippen molar-refractivity contribution in [2.75, 3.05) is 13.1 Å². The van der Waals surface area contributed by atoms with Gasteiger partial charge in [-0.05, 0) is 48.2 Å². The molecule has 1 aliphatic heterocycles. The van der Waals surface area contributed by atoms with Crippen LogP contribution in [0.3, 0.4) is 0 Å². The van der Waals surface area contributed by atoms with Gasteiger partial charge in [0, 0.05) is 25.2 Å². The van der Waals surface area contributed by atoms with Crippen LogP contribution >= 0.6 is 0 Å². The molecule has 4 aromatic rings. The second-order valence-electron chi connectivity index (χ2n) is 8.76. The van der Waals surface area contributed by atoms with Gasteiger partial charge in [0.1, 0.15) is 17.8 Å². The molecule has 0 fully saturated rings. The lowest BCUT2D eigenvalue weighted by Crippen LogP contribution is -2.36. The van der Waals surface area contributed by atoms with Gasteiger partial charge in [-0.2, -0.15) is 0 Å². The molecule has 1 aromatic heterocycles. The lowest BCUT2D eigenvalue weighted by molar-refractivity contribution is 0.0950. The average Bonchev–Trinajstić information content (AvgIpc) is 3.38. The minimum absolute atomic E-state index is 0.0378. The van der Waals surface area contributed by atoms with Crippen molar-refractivity contribution in [3.8, 4) is 5.75 Å². The van der Waals surface area contributed by atoms with Crippen molar-refractivity contribution < 1.29 is 18.3 Å². The molecule has 36 heavy (non-hydrogen) atoms. The molecule has 1 unspecified atom stereocenters. The lowest BCUT2D eigenvalue weighted by atomic mass is 9.87. The fourth-order valence-corrected chi connectivity index (χ4v) is 4.65. The van der Waals surface area contributed by atoms with Crippen LogP contribution in [0.4, 0.5) is 4.39 Å². The summed E-state index contributed by atoms with van der Waals surface area (Å²) in [5.41, 5.74) is 4.44. The van der Waals surface area contributed by atoms with E-state index in [-0.39, 0.29) is 30.1 Å². The summed E-state index contributed by atoms with van der Waals surface area (Å²) in [6.45, 7) is 3.80. The Balaban J connectivity index is 1.40. The van der Waals surface area contributed by atoms with E-state index in [0.29, 0.717) is 30.3 Å². The van der Waals surface area contributed by atoms with Gasteiger partial charge in [0.2, 0.25) is 5.89 Å². The second kappa shape index (κ2) is 10.7. The van der Waals surface area contributed by atoms with E-state index >= 15 is 0 Å². The SMILES string of the molecule is CCNC(=O)c1coc(COc2ccc3c(c2)C(c2ccccc2)N(Cc2ccccc2F)CC3)n1. The Morgan fingerprint density at radius 3 is 2.75 bits per heavy atom. The third-order valence-corrected chi connectivity index (χ3v) is 6.38. The van der Waals surface area contributed by atoms with E-state index in [4.69, 9.17) is 9.15 Å². The summed E-state index contributed by atoms with van der Waals surface area (Å²) in [5, 5.41) is 2.70. The summed E-state index contributed by atoms with van der Waals surface area (Å²) >= 11 is 0. The normalized spacial score (nSPS) is 15.3. The summed E-state index contributed by atoms with van der Waals surface area (Å²) in [6, 6.07) is 23.3. The summed E-state index contributed by atoms with van der Waals surface area (Å²) < 4.78 is 25.9. The van der Waals surface area contributed by atoms with Gasteiger partial charge in [0.25, 0.3) is 5.91 Å². The minimum atomic E-state index is -0.276. The summed E-state index contributed by atoms with van der Waals surface area (Å²) in [7, 11) is 0. The molecule has 2 heterocycles. The van der Waals surface area contributed by atoms with Gasteiger partial charge in [-0.25, -0.2) is 9.37 Å². The van der Waals surface area contributed by atoms with Crippen LogP contribution in [-0.4, -0.2) is 28.9 Å². The zero-order valence-corrected chi connectivity index (χ0v) is 20.1. The number of hydrogen-bond donors (Lipinski definition) is 1. The maximum Gasteiger partial charge on any atom is 0.273 e. The summed E-state index contributed by atoms with van der Waals surface area (Å²) in [6.07, 6.45) is 2.20. The maximum atomic E-state index is 14.5. The lowest BCUT2D eigenvalue weighted by Gasteiger charge is -2.38. The molecule has 7 heteroatoms. The first-order valence-electron chi connectivity index (χ1n) is 12.1. The number of carbonyl (C=O) groups is 1. The monoisotopic (exact) mass is 485 g/mol. The number of fused-ring (bicyclic) bond motifs is 1. The first-order valence-corrected chi connectivity index (χ1v) is 12.1. The van der Waals surface area contributed by atoms with Crippen molar-refractivity contribution in [2.45, 2.75) is 32.5 Å². The highest BCUT2D eigenvalue weighted by Gasteiger charge is 2.29. The Morgan fingerprint density at radius 1 is 1.14 bits per heavy atom. The molecule has 0 aliphatic carbocycles. The van der Waals surface area contributed by atoms with Crippen LogP contribution in [0.15, 0.2) is 83.5 Å². The largest absolute Gasteiger partial charge is 0.484 e. The smallest absolute Gasteiger partial charge is 0.273 e. The molecule has 1 N–H and O–H groups in total. The van der Waals surface area contributed by atoms with Crippen molar-refractivity contribution >= 4 is 5.91 Å². The molecule has 3 aromatic carbocycles. The van der Waals surface area contributed by atoms with E-state index < -0.39 is 0 Å². The third kappa shape index (κ3) is 5.16. The Bertz CT molecular complexity index is 1340. The van der Waals surface area contributed by atoms with E-state index in [9.17, 15) is 9.18 Å². The highest BCUT2D eigenvalue weighted by Crippen LogP contribution is 2.38. The number of ether oxygens (including phenoxy) is 1. The maximum absolute atomic E-state index is 14.5. The van der Waals surface area contributed by atoms with E-state index in [0.717, 1.165) is 24.1 Å². The Labute approximate surface area is 209 Å². The third-order valence-electron chi connectivity index (χ3n) is 6.38. The predicted molar refractivity (Wildman–Crippen MR) is 134 cm³/mol. The van der Waals surface area contributed by atoms with Crippen molar-refractivity contribution in [1.29, 1.82) is 0 Å². The molecular formula is C29H28FN3O3. The van der Waals surface area contributed by atoms with Gasteiger partial charge in [0.15, 0.2) is 12.3 Å². The molecule has 0 saturated heterocycles. The number of nitrogens with zero attached hydrogens (tertiary/aromatic N) is 2. The number of aromatic nitrogens is 1. The quantitative estimate of drug-likeness (QED) is 0.367. The number of benzene rings is 3. The number of oxazole rings is 1. The molecule has 0 spiro atoms. The van der Waals surface area contributed by atoms with Gasteiger partial charge in [0.05, 0.1) is 6.04 Å². The molecule has 1 amide bonds. The summed E-state index contributed by atoms with van der Waals surface area (Å²) in [4.78, 5) is 18.5. The van der Waals surface area contributed by atoms with Crippen LogP contribution < -0.4 is 10.1 Å². The zero-order chi connectivity index (χ0) is 24.9. The van der Waals surface area contributed by atoms with Crippen LogP contribution in [0, 0.1) is 5.82 Å². The molecular weight excluding hydrogens is 457 g/mol. The fourth-order valence-electron chi connectivity index (χ4n) is 4.65. The predicted octanol–water partition coefficient (Wildman–Crippen LogP) is 5.29. The van der Waals surface area contributed by atoms with Gasteiger partial charge < -0.3 is 14.5 Å². The molecule has 6 nitrogen and oxygen atoms in total. The first-order chi connectivity index (χ1) is 17.6. The van der Waals surface area contributed by atoms with Gasteiger partial charge in [-0.15, -0.1) is 0 Å². The van der Waals surface area contributed by atoms with Gasteiger partial charge in [-0.3, -0.25) is 9.69 Å². The Kier molecular flexibility index (Phi) is 7.09. The van der Waals surface area contributed by atoms with Gasteiger partial charge >= 0.3 is 0 Å². The van der Waals surface area contributed by atoms with Crippen molar-refractivity contribution in [1.82, 2.24) is 15.2 Å². The standard InChI is InChI=1S/C29H28FN3O3/c1-2-31-29(34)26-18-36-27(32-26)19-35-23-13-12-20-14-15-33(17-22-10-6-7-11-25(22)30)28(24(20)16-23)21-8-4-3-5-9-21/h3-13,16,18,28H,2,14-15,17,19H2,1H3,(H,31,34). The topological polar surface area (TPSA) is 67.6 Å². The number of hydrogen-bond acceptors (Lipinski definition) is 5. The van der Waals surface area contributed by atoms with Gasteiger partial charge in [-0.1, -0.05) is 54.6 Å². The second-order valence-corrected chi connectivity index (χ2v) is 8.76. The van der Waals surface area contributed by atoms with Crippen LogP contribution in [0.5, 0.6) is 5.75 Å². The van der Waals surface area contributed by atoms with E-state index in [1.165, 1.54) is 17.9 Å². The Hall–Kier alpha value is -3.97. The van der Waals surface area contributed by atoms with Crippen LogP contribution in [-0.2, 0) is 19.6 Å².